The second-order valence-corrected chi connectivity index (χ2v) is 4.97. The molecule has 0 aliphatic rings. The normalized spacial score (nSPS) is 12.1. The van der Waals surface area contributed by atoms with Crippen molar-refractivity contribution in [1.82, 2.24) is 0 Å². The number of carboxylic acid groups (broad SMARTS) is 2. The van der Waals surface area contributed by atoms with Gasteiger partial charge in [-0.25, -0.2) is 0 Å². The molecule has 0 aliphatic heterocycles. The number of carbonyl (C=O) groups is 2. The molecule has 0 heterocycles. The Kier molecular flexibility index (Phi) is 25.5. The van der Waals surface area contributed by atoms with Gasteiger partial charge in [-0.15, -0.1) is 12.4 Å². The summed E-state index contributed by atoms with van der Waals surface area (Å²) in [6, 6.07) is -2.10. The number of halogens is 1. The van der Waals surface area contributed by atoms with Crippen LogP contribution in [0.15, 0.2) is 0 Å². The van der Waals surface area contributed by atoms with Gasteiger partial charge in [0.15, 0.2) is 0 Å². The van der Waals surface area contributed by atoms with E-state index in [0.717, 1.165) is 21.6 Å². The first-order valence-electron chi connectivity index (χ1n) is 3.62. The zero-order valence-electron chi connectivity index (χ0n) is 9.58. The molecule has 0 aliphatic carbocycles. The van der Waals surface area contributed by atoms with E-state index in [1.807, 2.05) is 0 Å². The minimum atomic E-state index is -1.33. The predicted molar refractivity (Wildman–Crippen MR) is 58.1 cm³/mol. The maximum Gasteiger partial charge on any atom is 1.00 e. The molecule has 0 aromatic carbocycles. The maximum absolute atomic E-state index is 10.1. The smallest absolute Gasteiger partial charge is 0.548 e. The van der Waals surface area contributed by atoms with Crippen LogP contribution in [0.5, 0.6) is 0 Å². The molecular formula is C6H11ClN2Na2O4S2. The Morgan fingerprint density at radius 2 is 1.18 bits per heavy atom. The van der Waals surface area contributed by atoms with Crippen LogP contribution in [0, 0.1) is 0 Å². The monoisotopic (exact) mass is 320 g/mol. The van der Waals surface area contributed by atoms with Gasteiger partial charge in [-0.3, -0.25) is 0 Å². The number of nitrogens with two attached hydrogens (primary N) is 2. The van der Waals surface area contributed by atoms with E-state index < -0.39 is 24.0 Å². The van der Waals surface area contributed by atoms with Crippen LogP contribution >= 0.6 is 34.0 Å². The van der Waals surface area contributed by atoms with Crippen molar-refractivity contribution in [3.63, 3.8) is 0 Å². The van der Waals surface area contributed by atoms with Crippen LogP contribution in [0.25, 0.3) is 0 Å². The predicted octanol–water partition coefficient (Wildman–Crippen LogP) is -9.05. The van der Waals surface area contributed by atoms with Crippen LogP contribution in [-0.4, -0.2) is 35.5 Å². The van der Waals surface area contributed by atoms with Crippen molar-refractivity contribution in [1.29, 1.82) is 0 Å². The number of hydrogen-bond donors (Lipinski definition) is 2. The van der Waals surface area contributed by atoms with E-state index in [0.29, 0.717) is 0 Å². The van der Waals surface area contributed by atoms with Gasteiger partial charge < -0.3 is 31.3 Å². The molecule has 0 radical (unpaired) electrons. The molecule has 11 heteroatoms. The Labute approximate surface area is 158 Å². The fourth-order valence-electron chi connectivity index (χ4n) is 0.379. The number of carboxylic acids is 2. The summed E-state index contributed by atoms with van der Waals surface area (Å²) in [4.78, 5) is 20.3. The quantitative estimate of drug-likeness (QED) is 0.268. The Hall–Kier alpha value is 1.85. The molecule has 0 spiro atoms. The number of rotatable bonds is 7. The average Bonchev–Trinajstić information content (AvgIpc) is 2.11. The van der Waals surface area contributed by atoms with Gasteiger partial charge in [0.2, 0.25) is 0 Å². The summed E-state index contributed by atoms with van der Waals surface area (Å²) in [5, 5.41) is 20.3. The van der Waals surface area contributed by atoms with Gasteiger partial charge in [-0.05, 0) is 0 Å². The first kappa shape index (κ1) is 27.2. The van der Waals surface area contributed by atoms with Crippen LogP contribution in [0.1, 0.15) is 0 Å². The van der Waals surface area contributed by atoms with Crippen LogP contribution in [0.4, 0.5) is 0 Å². The first-order valence-corrected chi connectivity index (χ1v) is 6.11. The van der Waals surface area contributed by atoms with Crippen molar-refractivity contribution < 1.29 is 78.9 Å². The summed E-state index contributed by atoms with van der Waals surface area (Å²) in [6.07, 6.45) is 0. The van der Waals surface area contributed by atoms with Crippen molar-refractivity contribution in [2.75, 3.05) is 11.5 Å². The zero-order chi connectivity index (χ0) is 11.1. The van der Waals surface area contributed by atoms with Crippen molar-refractivity contribution in [2.24, 2.45) is 11.5 Å². The van der Waals surface area contributed by atoms with E-state index in [-0.39, 0.29) is 83.0 Å². The molecule has 0 bridgehead atoms. The third kappa shape index (κ3) is 15.8. The SMILES string of the molecule is Cl.NC(CSSC[C@H](N)C(=O)[O-])C(=O)[O-].[Na+].[Na+]. The topological polar surface area (TPSA) is 132 Å². The van der Waals surface area contributed by atoms with Gasteiger partial charge in [-0.2, -0.15) is 0 Å². The van der Waals surface area contributed by atoms with Gasteiger partial charge in [0, 0.05) is 11.5 Å². The molecule has 1 unspecified atom stereocenters. The van der Waals surface area contributed by atoms with Gasteiger partial charge in [0.05, 0.1) is 24.0 Å². The van der Waals surface area contributed by atoms with Crippen LogP contribution in [0.2, 0.25) is 0 Å². The van der Waals surface area contributed by atoms with Gasteiger partial charge >= 0.3 is 59.1 Å². The number of carbonyl (C=O) groups excluding carboxylic acids is 2. The summed E-state index contributed by atoms with van der Waals surface area (Å²) in [5.74, 6) is -2.37. The molecule has 0 aromatic heterocycles. The minimum Gasteiger partial charge on any atom is -0.548 e. The Bertz CT molecular complexity index is 206. The summed E-state index contributed by atoms with van der Waals surface area (Å²) < 4.78 is 0. The first-order chi connectivity index (χ1) is 6.45. The maximum atomic E-state index is 10.1. The molecule has 2 atom stereocenters. The number of hydrogen-bond acceptors (Lipinski definition) is 8. The largest absolute Gasteiger partial charge is 1.00 e. The summed E-state index contributed by atoms with van der Waals surface area (Å²) in [6.45, 7) is 0. The molecule has 0 saturated heterocycles. The Morgan fingerprint density at radius 3 is 1.35 bits per heavy atom. The second-order valence-electron chi connectivity index (χ2n) is 2.42. The third-order valence-electron chi connectivity index (χ3n) is 1.18. The summed E-state index contributed by atoms with van der Waals surface area (Å²) in [7, 11) is 2.27. The molecule has 0 fully saturated rings. The molecule has 6 nitrogen and oxygen atoms in total. The fraction of sp³-hybridized carbons (Fsp3) is 0.667. The van der Waals surface area contributed by atoms with Crippen LogP contribution < -0.4 is 80.8 Å². The molecule has 0 aromatic rings. The standard InChI is InChI=1S/C6H12N2O4S2.ClH.2Na/c7-3(5(9)10)1-13-14-2-4(8)6(11)12;;;/h3-4H,1-2,7-8H2,(H,9,10)(H,11,12);1H;;/q;;2*+1/p-2/t3-,4?;;;/m0.../s1. The van der Waals surface area contributed by atoms with Crippen molar-refractivity contribution in [3.8, 4) is 0 Å². The zero-order valence-corrected chi connectivity index (χ0v) is 16.0. The second kappa shape index (κ2) is 15.9. The van der Waals surface area contributed by atoms with Crippen molar-refractivity contribution >= 4 is 45.9 Å². The summed E-state index contributed by atoms with van der Waals surface area (Å²) >= 11 is 0. The summed E-state index contributed by atoms with van der Waals surface area (Å²) in [5.41, 5.74) is 10.3. The minimum absolute atomic E-state index is 0. The van der Waals surface area contributed by atoms with Crippen molar-refractivity contribution in [2.45, 2.75) is 12.1 Å². The van der Waals surface area contributed by atoms with E-state index in [9.17, 15) is 19.8 Å². The molecule has 0 saturated carbocycles. The molecule has 90 valence electrons. The molecule has 4 N–H and O–H groups in total. The van der Waals surface area contributed by atoms with E-state index in [1.165, 1.54) is 0 Å². The fourth-order valence-corrected chi connectivity index (χ4v) is 2.59. The van der Waals surface area contributed by atoms with Crippen LogP contribution in [0.3, 0.4) is 0 Å². The van der Waals surface area contributed by atoms with E-state index >= 15 is 0 Å². The van der Waals surface area contributed by atoms with Gasteiger partial charge in [0.25, 0.3) is 0 Å². The van der Waals surface area contributed by atoms with Gasteiger partial charge in [0.1, 0.15) is 0 Å². The molecule has 0 amide bonds. The van der Waals surface area contributed by atoms with Crippen LogP contribution in [-0.2, 0) is 9.59 Å². The van der Waals surface area contributed by atoms with E-state index in [1.54, 1.807) is 0 Å². The Balaban J connectivity index is -0.000000282. The Morgan fingerprint density at radius 1 is 0.941 bits per heavy atom. The molecule has 17 heavy (non-hydrogen) atoms. The van der Waals surface area contributed by atoms with E-state index in [2.05, 4.69) is 0 Å². The molecule has 0 rings (SSSR count). The average molecular weight is 321 g/mol. The third-order valence-corrected chi connectivity index (χ3v) is 3.66. The number of aliphatic carboxylic acids is 2. The molecular weight excluding hydrogens is 310 g/mol. The van der Waals surface area contributed by atoms with E-state index in [4.69, 9.17) is 11.5 Å². The van der Waals surface area contributed by atoms with Gasteiger partial charge in [-0.1, -0.05) is 21.6 Å². The van der Waals surface area contributed by atoms with Crippen molar-refractivity contribution in [3.05, 3.63) is 0 Å².